The molecule has 1 heterocycles. The summed E-state index contributed by atoms with van der Waals surface area (Å²) >= 11 is 0. The average Bonchev–Trinajstić information content (AvgIpc) is 2.69. The number of amides is 4. The van der Waals surface area contributed by atoms with Gasteiger partial charge in [0.05, 0.1) is 11.1 Å². The maximum atomic E-state index is 12.3. The predicted octanol–water partition coefficient (Wildman–Crippen LogP) is 1.71. The first-order chi connectivity index (χ1) is 13.0. The molecular weight excluding hydrogens is 356 g/mol. The van der Waals surface area contributed by atoms with Crippen LogP contribution < -0.4 is 0 Å². The maximum Gasteiger partial charge on any atom is 0.401 e. The molecule has 1 saturated heterocycles. The molecule has 4 amide bonds. The highest BCUT2D eigenvalue weighted by molar-refractivity contribution is 6.14. The zero-order valence-electron chi connectivity index (χ0n) is 13.7. The lowest BCUT2D eigenvalue weighted by atomic mass is 10.2. The van der Waals surface area contributed by atoms with Gasteiger partial charge in [0, 0.05) is 0 Å². The number of barbiturate groups is 1. The first-order valence-electron chi connectivity index (χ1n) is 7.72. The molecule has 3 rings (SSSR count). The molecule has 0 saturated carbocycles. The summed E-state index contributed by atoms with van der Waals surface area (Å²) in [6.07, 6.45) is -0.810. The molecule has 2 aromatic rings. The number of carbonyl (C=O) groups excluding carboxylic acids is 5. The number of nitrogens with zero attached hydrogens (tertiary/aromatic N) is 2. The van der Waals surface area contributed by atoms with Crippen LogP contribution in [0, 0.1) is 0 Å². The minimum Gasteiger partial charge on any atom is -0.323 e. The third-order valence-corrected chi connectivity index (χ3v) is 3.47. The predicted molar refractivity (Wildman–Crippen MR) is 87.4 cm³/mol. The van der Waals surface area contributed by atoms with Crippen LogP contribution in [0.2, 0.25) is 0 Å². The SMILES string of the molecule is O=C(ON1C(=O)CC(=O)N(OC(=O)c2ccccc2)C1=O)c1ccccc1. The van der Waals surface area contributed by atoms with E-state index in [4.69, 9.17) is 9.68 Å². The van der Waals surface area contributed by atoms with E-state index in [0.29, 0.717) is 0 Å². The van der Waals surface area contributed by atoms with Gasteiger partial charge >= 0.3 is 18.0 Å². The molecule has 27 heavy (non-hydrogen) atoms. The van der Waals surface area contributed by atoms with Crippen LogP contribution in [0.1, 0.15) is 27.1 Å². The smallest absolute Gasteiger partial charge is 0.323 e. The Kier molecular flexibility index (Phi) is 4.93. The van der Waals surface area contributed by atoms with Gasteiger partial charge in [-0.1, -0.05) is 46.5 Å². The van der Waals surface area contributed by atoms with Gasteiger partial charge in [-0.05, 0) is 24.3 Å². The summed E-state index contributed by atoms with van der Waals surface area (Å²) < 4.78 is 0. The van der Waals surface area contributed by atoms with Gasteiger partial charge in [0.15, 0.2) is 0 Å². The van der Waals surface area contributed by atoms with E-state index in [0.717, 1.165) is 0 Å². The quantitative estimate of drug-likeness (QED) is 0.756. The number of carbonyl (C=O) groups is 5. The Morgan fingerprint density at radius 3 is 1.41 bits per heavy atom. The molecule has 1 fully saturated rings. The number of imide groups is 2. The lowest BCUT2D eigenvalue weighted by molar-refractivity contribution is -0.186. The van der Waals surface area contributed by atoms with Crippen LogP contribution >= 0.6 is 0 Å². The van der Waals surface area contributed by atoms with Gasteiger partial charge in [-0.25, -0.2) is 14.4 Å². The van der Waals surface area contributed by atoms with Crippen molar-refractivity contribution < 1.29 is 33.6 Å². The molecule has 136 valence electrons. The molecule has 0 radical (unpaired) electrons. The molecule has 0 atom stereocenters. The molecule has 0 bridgehead atoms. The Hall–Kier alpha value is -4.01. The molecule has 1 aliphatic heterocycles. The van der Waals surface area contributed by atoms with Crippen molar-refractivity contribution in [2.75, 3.05) is 0 Å². The van der Waals surface area contributed by atoms with Crippen molar-refractivity contribution in [1.82, 2.24) is 10.1 Å². The molecule has 1 aliphatic rings. The number of hydrogen-bond acceptors (Lipinski definition) is 7. The van der Waals surface area contributed by atoms with Crippen LogP contribution in [0.3, 0.4) is 0 Å². The first-order valence-corrected chi connectivity index (χ1v) is 7.72. The van der Waals surface area contributed by atoms with Crippen LogP contribution in [0.25, 0.3) is 0 Å². The lowest BCUT2D eigenvalue weighted by Gasteiger charge is -2.29. The minimum absolute atomic E-state index is 0.0860. The number of hydroxylamine groups is 4. The fourth-order valence-corrected chi connectivity index (χ4v) is 2.17. The van der Waals surface area contributed by atoms with E-state index in [2.05, 4.69) is 0 Å². The summed E-state index contributed by atoms with van der Waals surface area (Å²) in [7, 11) is 0. The van der Waals surface area contributed by atoms with Gasteiger partial charge in [-0.2, -0.15) is 0 Å². The minimum atomic E-state index is -1.40. The molecule has 0 spiro atoms. The van der Waals surface area contributed by atoms with E-state index in [1.54, 1.807) is 36.4 Å². The van der Waals surface area contributed by atoms with E-state index < -0.39 is 36.2 Å². The topological polar surface area (TPSA) is 110 Å². The number of hydrogen-bond donors (Lipinski definition) is 0. The Morgan fingerprint density at radius 1 is 0.667 bits per heavy atom. The van der Waals surface area contributed by atoms with Crippen molar-refractivity contribution in [2.45, 2.75) is 6.42 Å². The Labute approximate surface area is 152 Å². The van der Waals surface area contributed by atoms with Crippen LogP contribution in [0.5, 0.6) is 0 Å². The zero-order valence-corrected chi connectivity index (χ0v) is 13.7. The van der Waals surface area contributed by atoms with Gasteiger partial charge < -0.3 is 9.68 Å². The third-order valence-electron chi connectivity index (χ3n) is 3.47. The molecular formula is C18H12N2O7. The molecule has 2 aromatic carbocycles. The van der Waals surface area contributed by atoms with Gasteiger partial charge in [0.25, 0.3) is 11.8 Å². The van der Waals surface area contributed by atoms with E-state index in [-0.39, 0.29) is 21.3 Å². The standard InChI is InChI=1S/C18H12N2O7/c21-14-11-15(22)20(27-17(24)13-9-5-2-6-10-13)18(25)19(14)26-16(23)12-7-3-1-4-8-12/h1-10H,11H2. The molecule has 0 aromatic heterocycles. The second-order valence-electron chi connectivity index (χ2n) is 5.33. The third kappa shape index (κ3) is 3.82. The van der Waals surface area contributed by atoms with E-state index in [1.165, 1.54) is 24.3 Å². The van der Waals surface area contributed by atoms with E-state index >= 15 is 0 Å². The fourth-order valence-electron chi connectivity index (χ4n) is 2.17. The van der Waals surface area contributed by atoms with E-state index in [1.807, 2.05) is 0 Å². The van der Waals surface area contributed by atoms with Crippen LogP contribution in [0.4, 0.5) is 4.79 Å². The van der Waals surface area contributed by atoms with Crippen molar-refractivity contribution in [2.24, 2.45) is 0 Å². The summed E-state index contributed by atoms with van der Waals surface area (Å²) in [6, 6.07) is 13.8. The van der Waals surface area contributed by atoms with Gasteiger partial charge in [0.1, 0.15) is 6.42 Å². The zero-order chi connectivity index (χ0) is 19.4. The van der Waals surface area contributed by atoms with Gasteiger partial charge in [0.2, 0.25) is 0 Å². The molecule has 0 aliphatic carbocycles. The normalized spacial score (nSPS) is 14.1. The van der Waals surface area contributed by atoms with Crippen molar-refractivity contribution in [1.29, 1.82) is 0 Å². The van der Waals surface area contributed by atoms with Crippen molar-refractivity contribution in [3.8, 4) is 0 Å². The fraction of sp³-hybridized carbons (Fsp3) is 0.0556. The first kappa shape index (κ1) is 17.8. The molecule has 0 N–H and O–H groups in total. The number of benzene rings is 2. The average molecular weight is 368 g/mol. The highest BCUT2D eigenvalue weighted by atomic mass is 16.8. The van der Waals surface area contributed by atoms with Gasteiger partial charge in [-0.3, -0.25) is 9.59 Å². The second-order valence-corrected chi connectivity index (χ2v) is 5.33. The highest BCUT2D eigenvalue weighted by Crippen LogP contribution is 2.16. The van der Waals surface area contributed by atoms with Crippen LogP contribution in [0.15, 0.2) is 60.7 Å². The summed E-state index contributed by atoms with van der Waals surface area (Å²) in [5.41, 5.74) is 0.172. The van der Waals surface area contributed by atoms with Crippen LogP contribution in [-0.2, 0) is 19.3 Å². The van der Waals surface area contributed by atoms with Crippen LogP contribution in [-0.4, -0.2) is 39.9 Å². The van der Waals surface area contributed by atoms with E-state index in [9.17, 15) is 24.0 Å². The Bertz CT molecular complexity index is 838. The molecule has 9 nitrogen and oxygen atoms in total. The lowest BCUT2D eigenvalue weighted by Crippen LogP contribution is -2.55. The van der Waals surface area contributed by atoms with Crippen molar-refractivity contribution in [3.05, 3.63) is 71.8 Å². The summed E-state index contributed by atoms with van der Waals surface area (Å²) in [5.74, 6) is -4.08. The number of rotatable bonds is 4. The second kappa shape index (κ2) is 7.48. The number of urea groups is 1. The largest absolute Gasteiger partial charge is 0.401 e. The van der Waals surface area contributed by atoms with Gasteiger partial charge in [-0.15, -0.1) is 0 Å². The summed E-state index contributed by atoms with van der Waals surface area (Å²) in [5, 5.41) is 0.185. The Balaban J connectivity index is 1.75. The summed E-state index contributed by atoms with van der Waals surface area (Å²) in [4.78, 5) is 69.9. The monoisotopic (exact) mass is 368 g/mol. The molecule has 0 unspecified atom stereocenters. The molecule has 9 heteroatoms. The van der Waals surface area contributed by atoms with Crippen molar-refractivity contribution >= 4 is 29.8 Å². The maximum absolute atomic E-state index is 12.3. The summed E-state index contributed by atoms with van der Waals surface area (Å²) in [6.45, 7) is 0. The Morgan fingerprint density at radius 2 is 1.04 bits per heavy atom. The van der Waals surface area contributed by atoms with Crippen molar-refractivity contribution in [3.63, 3.8) is 0 Å². The highest BCUT2D eigenvalue weighted by Gasteiger charge is 2.44.